The van der Waals surface area contributed by atoms with E-state index in [1.165, 1.54) is 11.6 Å². The minimum absolute atomic E-state index is 0.119. The van der Waals surface area contributed by atoms with E-state index in [2.05, 4.69) is 17.4 Å². The molecule has 0 aliphatic heterocycles. The Morgan fingerprint density at radius 2 is 1.81 bits per heavy atom. The smallest absolute Gasteiger partial charge is 0.157 e. The largest absolute Gasteiger partial charge is 0.504 e. The van der Waals surface area contributed by atoms with Crippen LogP contribution in [0, 0.1) is 0 Å². The summed E-state index contributed by atoms with van der Waals surface area (Å²) >= 11 is 0. The molecule has 2 rings (SSSR count). The lowest BCUT2D eigenvalue weighted by Crippen LogP contribution is -2.20. The third-order valence-corrected chi connectivity index (χ3v) is 3.31. The first-order valence-electron chi connectivity index (χ1n) is 7.02. The Bertz CT molecular complexity index is 557. The van der Waals surface area contributed by atoms with Crippen molar-refractivity contribution < 1.29 is 14.9 Å². The first kappa shape index (κ1) is 15.4. The lowest BCUT2D eigenvalue weighted by molar-refractivity contribution is 0.0559. The van der Waals surface area contributed by atoms with Gasteiger partial charge in [-0.2, -0.15) is 0 Å². The molecule has 4 heteroatoms. The van der Waals surface area contributed by atoms with Crippen LogP contribution in [0.2, 0.25) is 0 Å². The highest BCUT2D eigenvalue weighted by Crippen LogP contribution is 2.29. The van der Waals surface area contributed by atoms with Crippen LogP contribution in [0.15, 0.2) is 48.5 Å². The Labute approximate surface area is 125 Å². The van der Waals surface area contributed by atoms with Crippen molar-refractivity contribution in [2.24, 2.45) is 0 Å². The van der Waals surface area contributed by atoms with Crippen LogP contribution in [-0.2, 0) is 11.2 Å². The van der Waals surface area contributed by atoms with E-state index in [9.17, 15) is 10.2 Å². The Balaban J connectivity index is 1.97. The van der Waals surface area contributed by atoms with Gasteiger partial charge in [0, 0.05) is 6.54 Å². The van der Waals surface area contributed by atoms with Crippen LogP contribution < -0.4 is 5.32 Å². The number of phenols is 2. The second kappa shape index (κ2) is 7.67. The normalized spacial score (nSPS) is 12.2. The van der Waals surface area contributed by atoms with Gasteiger partial charge in [-0.25, -0.2) is 0 Å². The number of nitrogens with one attached hydrogen (secondary N) is 1. The summed E-state index contributed by atoms with van der Waals surface area (Å²) in [6, 6.07) is 14.9. The lowest BCUT2D eigenvalue weighted by Gasteiger charge is -2.18. The maximum atomic E-state index is 9.59. The van der Waals surface area contributed by atoms with E-state index >= 15 is 0 Å². The second-order valence-electron chi connectivity index (χ2n) is 4.90. The average Bonchev–Trinajstić information content (AvgIpc) is 2.50. The van der Waals surface area contributed by atoms with Crippen LogP contribution in [-0.4, -0.2) is 30.4 Å². The number of likely N-dealkylation sites (N-methyl/N-ethyl adjacent to an activating group) is 1. The summed E-state index contributed by atoms with van der Waals surface area (Å²) < 4.78 is 5.91. The Kier molecular flexibility index (Phi) is 5.60. The molecule has 0 heterocycles. The van der Waals surface area contributed by atoms with E-state index < -0.39 is 0 Å². The number of ether oxygens (including phenoxy) is 1. The van der Waals surface area contributed by atoms with Crippen molar-refractivity contribution >= 4 is 0 Å². The fraction of sp³-hybridized carbons (Fsp3) is 0.294. The third kappa shape index (κ3) is 4.48. The maximum Gasteiger partial charge on any atom is 0.157 e. The summed E-state index contributed by atoms with van der Waals surface area (Å²) in [6.07, 6.45) is 0.677. The molecule has 1 unspecified atom stereocenters. The van der Waals surface area contributed by atoms with E-state index in [4.69, 9.17) is 4.74 Å². The fourth-order valence-corrected chi connectivity index (χ4v) is 2.16. The molecule has 21 heavy (non-hydrogen) atoms. The molecule has 0 spiro atoms. The molecular weight excluding hydrogens is 266 g/mol. The molecule has 1 atom stereocenters. The van der Waals surface area contributed by atoms with Gasteiger partial charge in [0.2, 0.25) is 0 Å². The van der Waals surface area contributed by atoms with Crippen LogP contribution in [0.5, 0.6) is 11.5 Å². The predicted molar refractivity (Wildman–Crippen MR) is 82.5 cm³/mol. The molecule has 0 aromatic heterocycles. The molecule has 0 aliphatic rings. The van der Waals surface area contributed by atoms with Gasteiger partial charge in [0.15, 0.2) is 11.5 Å². The van der Waals surface area contributed by atoms with Crippen molar-refractivity contribution in [2.45, 2.75) is 12.5 Å². The fourth-order valence-electron chi connectivity index (χ4n) is 2.16. The molecular formula is C17H21NO3. The third-order valence-electron chi connectivity index (χ3n) is 3.31. The molecule has 0 bridgehead atoms. The molecule has 3 N–H and O–H groups in total. The first-order valence-corrected chi connectivity index (χ1v) is 7.02. The molecule has 0 aliphatic carbocycles. The van der Waals surface area contributed by atoms with Gasteiger partial charge in [-0.3, -0.25) is 0 Å². The van der Waals surface area contributed by atoms with Gasteiger partial charge < -0.3 is 20.3 Å². The summed E-state index contributed by atoms with van der Waals surface area (Å²) in [5.41, 5.74) is 2.07. The highest BCUT2D eigenvalue weighted by molar-refractivity contribution is 5.41. The molecule has 4 nitrogen and oxygen atoms in total. The van der Waals surface area contributed by atoms with Crippen molar-refractivity contribution in [3.63, 3.8) is 0 Å². The number of benzene rings is 2. The summed E-state index contributed by atoms with van der Waals surface area (Å²) in [6.45, 7) is 1.23. The summed E-state index contributed by atoms with van der Waals surface area (Å²) in [4.78, 5) is 0. The van der Waals surface area contributed by atoms with Gasteiger partial charge >= 0.3 is 0 Å². The first-order chi connectivity index (χ1) is 10.2. The van der Waals surface area contributed by atoms with Gasteiger partial charge in [-0.1, -0.05) is 36.4 Å². The molecule has 0 amide bonds. The zero-order valence-electron chi connectivity index (χ0n) is 12.1. The van der Waals surface area contributed by atoms with Crippen molar-refractivity contribution in [1.82, 2.24) is 5.32 Å². The van der Waals surface area contributed by atoms with Gasteiger partial charge in [0.1, 0.15) is 0 Å². The monoisotopic (exact) mass is 287 g/mol. The van der Waals surface area contributed by atoms with E-state index in [0.717, 1.165) is 12.0 Å². The van der Waals surface area contributed by atoms with Crippen LogP contribution in [0.25, 0.3) is 0 Å². The Hall–Kier alpha value is -2.04. The Morgan fingerprint density at radius 3 is 2.48 bits per heavy atom. The minimum atomic E-state index is -0.162. The highest BCUT2D eigenvalue weighted by Gasteiger charge is 2.13. The van der Waals surface area contributed by atoms with Gasteiger partial charge in [0.25, 0.3) is 0 Å². The van der Waals surface area contributed by atoms with Crippen LogP contribution in [0.1, 0.15) is 17.2 Å². The topological polar surface area (TPSA) is 61.7 Å². The quantitative estimate of drug-likeness (QED) is 0.685. The van der Waals surface area contributed by atoms with Gasteiger partial charge in [0.05, 0.1) is 12.7 Å². The summed E-state index contributed by atoms with van der Waals surface area (Å²) in [5.74, 6) is -0.244. The SMILES string of the molecule is CNCC(OCCc1ccccc1)c1ccc(O)c(O)c1. The van der Waals surface area contributed by atoms with E-state index in [-0.39, 0.29) is 17.6 Å². The molecule has 0 fully saturated rings. The average molecular weight is 287 g/mol. The molecule has 2 aromatic carbocycles. The molecule has 0 saturated carbocycles. The second-order valence-corrected chi connectivity index (χ2v) is 4.90. The standard InChI is InChI=1S/C17H21NO3/c1-18-12-17(14-7-8-15(19)16(20)11-14)21-10-9-13-5-3-2-4-6-13/h2-8,11,17-20H,9-10,12H2,1H3. The van der Waals surface area contributed by atoms with E-state index in [1.807, 2.05) is 25.2 Å². The van der Waals surface area contributed by atoms with Crippen molar-refractivity contribution in [1.29, 1.82) is 0 Å². The Morgan fingerprint density at radius 1 is 1.05 bits per heavy atom. The lowest BCUT2D eigenvalue weighted by atomic mass is 10.1. The van der Waals surface area contributed by atoms with E-state index in [1.54, 1.807) is 12.1 Å². The van der Waals surface area contributed by atoms with Crippen LogP contribution in [0.3, 0.4) is 0 Å². The maximum absolute atomic E-state index is 9.59. The van der Waals surface area contributed by atoms with Crippen molar-refractivity contribution in [2.75, 3.05) is 20.2 Å². The minimum Gasteiger partial charge on any atom is -0.504 e. The van der Waals surface area contributed by atoms with E-state index in [0.29, 0.717) is 13.2 Å². The molecule has 0 radical (unpaired) electrons. The number of phenolic OH excluding ortho intramolecular Hbond substituents is 2. The summed E-state index contributed by atoms with van der Waals surface area (Å²) in [7, 11) is 1.85. The zero-order valence-corrected chi connectivity index (χ0v) is 12.1. The number of aromatic hydroxyl groups is 2. The van der Waals surface area contributed by atoms with Gasteiger partial charge in [-0.15, -0.1) is 0 Å². The predicted octanol–water partition coefficient (Wildman–Crippen LogP) is 2.62. The number of hydrogen-bond acceptors (Lipinski definition) is 4. The van der Waals surface area contributed by atoms with Crippen molar-refractivity contribution in [3.05, 3.63) is 59.7 Å². The van der Waals surface area contributed by atoms with Crippen LogP contribution >= 0.6 is 0 Å². The van der Waals surface area contributed by atoms with Crippen molar-refractivity contribution in [3.8, 4) is 11.5 Å². The van der Waals surface area contributed by atoms with Gasteiger partial charge in [-0.05, 0) is 36.7 Å². The zero-order chi connectivity index (χ0) is 15.1. The molecule has 2 aromatic rings. The van der Waals surface area contributed by atoms with Crippen LogP contribution in [0.4, 0.5) is 0 Å². The number of rotatable bonds is 7. The number of hydrogen-bond donors (Lipinski definition) is 3. The molecule has 0 saturated heterocycles. The summed E-state index contributed by atoms with van der Waals surface area (Å²) in [5, 5.41) is 22.0. The highest BCUT2D eigenvalue weighted by atomic mass is 16.5. The molecule has 112 valence electrons.